The van der Waals surface area contributed by atoms with Gasteiger partial charge < -0.3 is 9.47 Å². The fourth-order valence-corrected chi connectivity index (χ4v) is 2.78. The van der Waals surface area contributed by atoms with E-state index in [1.807, 2.05) is 44.2 Å². The van der Waals surface area contributed by atoms with Crippen LogP contribution >= 0.6 is 28.1 Å². The van der Waals surface area contributed by atoms with E-state index in [4.69, 9.17) is 21.7 Å². The zero-order valence-electron chi connectivity index (χ0n) is 15.4. The van der Waals surface area contributed by atoms with Crippen molar-refractivity contribution < 1.29 is 19.1 Å². The van der Waals surface area contributed by atoms with Crippen LogP contribution in [0.25, 0.3) is 0 Å². The molecule has 0 radical (unpaired) electrons. The highest BCUT2D eigenvalue weighted by atomic mass is 79.9. The average Bonchev–Trinajstić information content (AvgIpc) is 2.65. The summed E-state index contributed by atoms with van der Waals surface area (Å²) in [4.78, 5) is 23.7. The second-order valence-electron chi connectivity index (χ2n) is 5.80. The molecular weight excluding hydrogens is 446 g/mol. The van der Waals surface area contributed by atoms with E-state index in [2.05, 4.69) is 32.1 Å². The van der Waals surface area contributed by atoms with Crippen molar-refractivity contribution in [1.82, 2.24) is 16.2 Å². The van der Waals surface area contributed by atoms with Gasteiger partial charge in [0.25, 0.3) is 11.8 Å². The summed E-state index contributed by atoms with van der Waals surface area (Å²) in [7, 11) is 0. The number of benzene rings is 2. The van der Waals surface area contributed by atoms with Gasteiger partial charge in [-0.1, -0.05) is 34.1 Å². The molecule has 0 spiro atoms. The highest BCUT2D eigenvalue weighted by Crippen LogP contribution is 2.21. The Kier molecular flexibility index (Phi) is 8.21. The highest BCUT2D eigenvalue weighted by Gasteiger charge is 2.09. The van der Waals surface area contributed by atoms with Crippen molar-refractivity contribution >= 4 is 45.1 Å². The minimum absolute atomic E-state index is 0.0495. The third-order valence-electron chi connectivity index (χ3n) is 3.52. The van der Waals surface area contributed by atoms with Gasteiger partial charge in [-0.15, -0.1) is 0 Å². The van der Waals surface area contributed by atoms with Crippen LogP contribution in [0, 0.1) is 13.8 Å². The van der Waals surface area contributed by atoms with Gasteiger partial charge in [-0.05, 0) is 61.5 Å². The smallest absolute Gasteiger partial charge is 0.276 e. The number of halogens is 1. The normalized spacial score (nSPS) is 9.96. The third-order valence-corrected chi connectivity index (χ3v) is 4.21. The van der Waals surface area contributed by atoms with Crippen LogP contribution in [0.2, 0.25) is 0 Å². The topological polar surface area (TPSA) is 88.7 Å². The Morgan fingerprint density at radius 1 is 0.929 bits per heavy atom. The number of amides is 2. The van der Waals surface area contributed by atoms with Crippen LogP contribution in [-0.2, 0) is 9.59 Å². The summed E-state index contributed by atoms with van der Waals surface area (Å²) in [6.07, 6.45) is 0. The zero-order valence-corrected chi connectivity index (χ0v) is 17.8. The maximum absolute atomic E-state index is 11.9. The first-order valence-electron chi connectivity index (χ1n) is 8.31. The molecule has 148 valence electrons. The van der Waals surface area contributed by atoms with Gasteiger partial charge in [0.05, 0.1) is 0 Å². The minimum atomic E-state index is -0.449. The van der Waals surface area contributed by atoms with Crippen molar-refractivity contribution in [2.75, 3.05) is 13.2 Å². The van der Waals surface area contributed by atoms with Crippen molar-refractivity contribution in [2.45, 2.75) is 13.8 Å². The molecule has 0 aliphatic carbocycles. The Morgan fingerprint density at radius 2 is 1.57 bits per heavy atom. The van der Waals surface area contributed by atoms with Crippen molar-refractivity contribution in [3.63, 3.8) is 0 Å². The first-order chi connectivity index (χ1) is 13.3. The quantitative estimate of drug-likeness (QED) is 0.448. The molecule has 0 bridgehead atoms. The Morgan fingerprint density at radius 3 is 2.25 bits per heavy atom. The molecule has 0 heterocycles. The van der Waals surface area contributed by atoms with E-state index in [1.54, 1.807) is 12.1 Å². The SMILES string of the molecule is Cc1cc(Br)ccc1OCC(=O)NNC(=S)NC(=O)COc1ccccc1C. The first-order valence-corrected chi connectivity index (χ1v) is 9.51. The Labute approximate surface area is 176 Å². The molecule has 0 aromatic heterocycles. The molecule has 28 heavy (non-hydrogen) atoms. The van der Waals surface area contributed by atoms with Gasteiger partial charge in [-0.25, -0.2) is 0 Å². The van der Waals surface area contributed by atoms with Gasteiger partial charge in [0, 0.05) is 4.47 Å². The van der Waals surface area contributed by atoms with Crippen LogP contribution in [-0.4, -0.2) is 30.1 Å². The van der Waals surface area contributed by atoms with Crippen LogP contribution in [0.15, 0.2) is 46.9 Å². The summed E-state index contributed by atoms with van der Waals surface area (Å²) in [6, 6.07) is 12.8. The van der Waals surface area contributed by atoms with Gasteiger partial charge in [0.15, 0.2) is 18.3 Å². The fraction of sp³-hybridized carbons (Fsp3) is 0.211. The van der Waals surface area contributed by atoms with Crippen LogP contribution in [0.1, 0.15) is 11.1 Å². The van der Waals surface area contributed by atoms with Crippen molar-refractivity contribution in [2.24, 2.45) is 0 Å². The van der Waals surface area contributed by atoms with Gasteiger partial charge >= 0.3 is 0 Å². The van der Waals surface area contributed by atoms with Gasteiger partial charge in [0.2, 0.25) is 0 Å². The van der Waals surface area contributed by atoms with E-state index >= 15 is 0 Å². The van der Waals surface area contributed by atoms with Crippen LogP contribution in [0.3, 0.4) is 0 Å². The van der Waals surface area contributed by atoms with E-state index in [1.165, 1.54) is 0 Å². The third kappa shape index (κ3) is 7.16. The van der Waals surface area contributed by atoms with E-state index in [9.17, 15) is 9.59 Å². The van der Waals surface area contributed by atoms with Crippen LogP contribution in [0.5, 0.6) is 11.5 Å². The van der Waals surface area contributed by atoms with Crippen LogP contribution < -0.4 is 25.6 Å². The lowest BCUT2D eigenvalue weighted by molar-refractivity contribution is -0.124. The predicted molar refractivity (Wildman–Crippen MR) is 113 cm³/mol. The van der Waals surface area contributed by atoms with Gasteiger partial charge in [0.1, 0.15) is 11.5 Å². The zero-order chi connectivity index (χ0) is 20.5. The number of aryl methyl sites for hydroxylation is 2. The lowest BCUT2D eigenvalue weighted by atomic mass is 10.2. The average molecular weight is 466 g/mol. The lowest BCUT2D eigenvalue weighted by Gasteiger charge is -2.13. The summed E-state index contributed by atoms with van der Waals surface area (Å²) < 4.78 is 11.8. The van der Waals surface area contributed by atoms with E-state index in [0.29, 0.717) is 11.5 Å². The Balaban J connectivity index is 1.67. The number of carbonyl (C=O) groups excluding carboxylic acids is 2. The van der Waals surface area contributed by atoms with Gasteiger partial charge in [-0.2, -0.15) is 0 Å². The van der Waals surface area contributed by atoms with Crippen molar-refractivity contribution in [1.29, 1.82) is 0 Å². The number of hydrogen-bond donors (Lipinski definition) is 3. The van der Waals surface area contributed by atoms with E-state index < -0.39 is 11.8 Å². The van der Waals surface area contributed by atoms with E-state index in [0.717, 1.165) is 15.6 Å². The molecule has 2 amide bonds. The number of hydrazine groups is 1. The van der Waals surface area contributed by atoms with Gasteiger partial charge in [-0.3, -0.25) is 25.8 Å². The maximum Gasteiger partial charge on any atom is 0.276 e. The fourth-order valence-electron chi connectivity index (χ4n) is 2.14. The second-order valence-corrected chi connectivity index (χ2v) is 7.13. The van der Waals surface area contributed by atoms with Crippen molar-refractivity contribution in [3.05, 3.63) is 58.1 Å². The number of carbonyl (C=O) groups is 2. The number of ether oxygens (including phenoxy) is 2. The summed E-state index contributed by atoms with van der Waals surface area (Å²) in [6.45, 7) is 3.35. The largest absolute Gasteiger partial charge is 0.483 e. The van der Waals surface area contributed by atoms with Crippen LogP contribution in [0.4, 0.5) is 0 Å². The number of para-hydroxylation sites is 1. The molecule has 7 nitrogen and oxygen atoms in total. The minimum Gasteiger partial charge on any atom is -0.483 e. The molecule has 9 heteroatoms. The molecule has 2 aromatic rings. The molecule has 2 rings (SSSR count). The summed E-state index contributed by atoms with van der Waals surface area (Å²) in [5, 5.41) is 2.36. The molecule has 0 unspecified atom stereocenters. The molecule has 0 aliphatic rings. The number of nitrogens with one attached hydrogen (secondary N) is 3. The standard InChI is InChI=1S/C19H20BrN3O4S/c1-12-5-3-4-6-15(12)26-10-17(24)21-19(28)23-22-18(25)11-27-16-8-7-14(20)9-13(16)2/h3-9H,10-11H2,1-2H3,(H,22,25)(H2,21,23,24,28). The number of thiocarbonyl (C=S) groups is 1. The summed E-state index contributed by atoms with van der Waals surface area (Å²) in [5.41, 5.74) is 6.61. The Hall–Kier alpha value is -2.65. The number of rotatable bonds is 6. The molecule has 0 atom stereocenters. The summed E-state index contributed by atoms with van der Waals surface area (Å²) in [5.74, 6) is 0.319. The summed E-state index contributed by atoms with van der Waals surface area (Å²) >= 11 is 8.32. The van der Waals surface area contributed by atoms with Crippen molar-refractivity contribution in [3.8, 4) is 11.5 Å². The molecule has 0 saturated carbocycles. The highest BCUT2D eigenvalue weighted by molar-refractivity contribution is 9.10. The molecule has 0 aliphatic heterocycles. The Bertz CT molecular complexity index is 876. The monoisotopic (exact) mass is 465 g/mol. The predicted octanol–water partition coefficient (Wildman–Crippen LogP) is 2.55. The molecule has 0 saturated heterocycles. The maximum atomic E-state index is 11.9. The first kappa shape index (κ1) is 21.6. The molecular formula is C19H20BrN3O4S. The molecule has 2 aromatic carbocycles. The lowest BCUT2D eigenvalue weighted by Crippen LogP contribution is -2.50. The molecule has 3 N–H and O–H groups in total. The molecule has 0 fully saturated rings. The van der Waals surface area contributed by atoms with E-state index in [-0.39, 0.29) is 18.3 Å². The second kappa shape index (κ2) is 10.6. The number of hydrogen-bond acceptors (Lipinski definition) is 5.